The molecule has 2 amide bonds. The molecule has 2 atom stereocenters. The van der Waals surface area contributed by atoms with Crippen molar-refractivity contribution in [3.05, 3.63) is 58.6 Å². The number of hydrogen-bond donors (Lipinski definition) is 1. The van der Waals surface area contributed by atoms with Crippen molar-refractivity contribution in [3.63, 3.8) is 0 Å². The highest BCUT2D eigenvalue weighted by molar-refractivity contribution is 6.30. The van der Waals surface area contributed by atoms with Crippen LogP contribution in [0.1, 0.15) is 44.7 Å². The van der Waals surface area contributed by atoms with Crippen LogP contribution in [0.3, 0.4) is 0 Å². The van der Waals surface area contributed by atoms with Gasteiger partial charge in [-0.05, 0) is 62.1 Å². The second-order valence-electron chi connectivity index (χ2n) is 7.83. The number of aryl methyl sites for hydroxylation is 1. The first kappa shape index (κ1) is 25.5. The Morgan fingerprint density at radius 2 is 1.75 bits per heavy atom. The third-order valence-corrected chi connectivity index (χ3v) is 5.72. The lowest BCUT2D eigenvalue weighted by Crippen LogP contribution is -2.49. The van der Waals surface area contributed by atoms with Crippen molar-refractivity contribution in [2.45, 2.75) is 58.7 Å². The average molecular weight is 461 g/mol. The molecule has 0 saturated heterocycles. The Morgan fingerprint density at radius 1 is 1.03 bits per heavy atom. The number of halogens is 1. The molecule has 2 aromatic rings. The molecule has 2 aromatic carbocycles. The van der Waals surface area contributed by atoms with Gasteiger partial charge in [0.1, 0.15) is 6.04 Å². The van der Waals surface area contributed by atoms with E-state index in [9.17, 15) is 9.59 Å². The summed E-state index contributed by atoms with van der Waals surface area (Å²) in [6, 6.07) is 12.4. The van der Waals surface area contributed by atoms with E-state index in [1.54, 1.807) is 32.1 Å². The van der Waals surface area contributed by atoms with Gasteiger partial charge in [-0.25, -0.2) is 0 Å². The van der Waals surface area contributed by atoms with Crippen LogP contribution in [-0.4, -0.2) is 43.0 Å². The summed E-state index contributed by atoms with van der Waals surface area (Å²) in [5.74, 6) is 0.988. The van der Waals surface area contributed by atoms with Crippen molar-refractivity contribution in [2.75, 3.05) is 14.2 Å². The summed E-state index contributed by atoms with van der Waals surface area (Å²) < 4.78 is 10.6. The first-order chi connectivity index (χ1) is 15.3. The van der Waals surface area contributed by atoms with Crippen LogP contribution in [0.25, 0.3) is 0 Å². The van der Waals surface area contributed by atoms with Crippen LogP contribution in [0.4, 0.5) is 0 Å². The predicted molar refractivity (Wildman–Crippen MR) is 127 cm³/mol. The third-order valence-electron chi connectivity index (χ3n) is 5.49. The summed E-state index contributed by atoms with van der Waals surface area (Å²) in [6.07, 6.45) is 1.60. The van der Waals surface area contributed by atoms with Crippen molar-refractivity contribution in [1.29, 1.82) is 0 Å². The first-order valence-corrected chi connectivity index (χ1v) is 11.2. The van der Waals surface area contributed by atoms with Gasteiger partial charge < -0.3 is 19.7 Å². The lowest BCUT2D eigenvalue weighted by molar-refractivity contribution is -0.140. The van der Waals surface area contributed by atoms with Crippen LogP contribution in [0, 0.1) is 0 Å². The van der Waals surface area contributed by atoms with Gasteiger partial charge in [0, 0.05) is 24.0 Å². The summed E-state index contributed by atoms with van der Waals surface area (Å²) in [5, 5.41) is 3.57. The Balaban J connectivity index is 2.18. The van der Waals surface area contributed by atoms with Crippen molar-refractivity contribution >= 4 is 23.4 Å². The predicted octanol–water partition coefficient (Wildman–Crippen LogP) is 4.62. The van der Waals surface area contributed by atoms with E-state index >= 15 is 0 Å². The smallest absolute Gasteiger partial charge is 0.242 e. The molecule has 0 spiro atoms. The molecule has 6 nitrogen and oxygen atoms in total. The highest BCUT2D eigenvalue weighted by atomic mass is 35.5. The van der Waals surface area contributed by atoms with Gasteiger partial charge in [-0.15, -0.1) is 0 Å². The van der Waals surface area contributed by atoms with E-state index in [-0.39, 0.29) is 24.3 Å². The zero-order valence-electron chi connectivity index (χ0n) is 19.5. The van der Waals surface area contributed by atoms with E-state index in [1.807, 2.05) is 50.2 Å². The number of nitrogens with one attached hydrogen (secondary N) is 1. The maximum atomic E-state index is 13.2. The molecule has 1 N–H and O–H groups in total. The topological polar surface area (TPSA) is 67.9 Å². The zero-order chi connectivity index (χ0) is 23.7. The van der Waals surface area contributed by atoms with Crippen molar-refractivity contribution in [1.82, 2.24) is 10.2 Å². The maximum Gasteiger partial charge on any atom is 0.242 e. The van der Waals surface area contributed by atoms with Crippen molar-refractivity contribution < 1.29 is 19.1 Å². The normalized spacial score (nSPS) is 12.6. The molecule has 0 aliphatic rings. The van der Waals surface area contributed by atoms with Crippen LogP contribution >= 0.6 is 11.6 Å². The molecule has 0 fully saturated rings. The second-order valence-corrected chi connectivity index (χ2v) is 8.27. The van der Waals surface area contributed by atoms with Crippen LogP contribution < -0.4 is 14.8 Å². The number of carbonyl (C=O) groups excluding carboxylic acids is 2. The molecule has 2 unspecified atom stereocenters. The molecule has 0 aliphatic carbocycles. The fourth-order valence-corrected chi connectivity index (χ4v) is 3.52. The molecule has 7 heteroatoms. The number of nitrogens with zero attached hydrogens (tertiary/aromatic N) is 1. The molecule has 174 valence electrons. The minimum atomic E-state index is -0.610. The number of amides is 2. The third kappa shape index (κ3) is 7.16. The molecule has 0 heterocycles. The molecule has 0 radical (unpaired) electrons. The minimum absolute atomic E-state index is 0.0415. The Kier molecular flexibility index (Phi) is 9.85. The molecule has 0 saturated carbocycles. The lowest BCUT2D eigenvalue weighted by atomic mass is 10.1. The van der Waals surface area contributed by atoms with Crippen LogP contribution in [-0.2, 0) is 22.6 Å². The van der Waals surface area contributed by atoms with E-state index in [0.29, 0.717) is 29.5 Å². The van der Waals surface area contributed by atoms with E-state index in [4.69, 9.17) is 21.1 Å². The number of benzene rings is 2. The molecule has 2 rings (SSSR count). The van der Waals surface area contributed by atoms with Crippen LogP contribution in [0.15, 0.2) is 42.5 Å². The molecular weight excluding hydrogens is 428 g/mol. The Morgan fingerprint density at radius 3 is 2.38 bits per heavy atom. The Bertz CT molecular complexity index is 919. The maximum absolute atomic E-state index is 13.2. The summed E-state index contributed by atoms with van der Waals surface area (Å²) in [4.78, 5) is 27.6. The number of methoxy groups -OCH3 is 2. The fourth-order valence-electron chi connectivity index (χ4n) is 3.31. The van der Waals surface area contributed by atoms with Gasteiger partial charge in [-0.2, -0.15) is 0 Å². The van der Waals surface area contributed by atoms with E-state index < -0.39 is 6.04 Å². The van der Waals surface area contributed by atoms with Gasteiger partial charge in [-0.1, -0.05) is 36.7 Å². The van der Waals surface area contributed by atoms with Gasteiger partial charge in [-0.3, -0.25) is 9.59 Å². The lowest BCUT2D eigenvalue weighted by Gasteiger charge is -2.30. The van der Waals surface area contributed by atoms with Gasteiger partial charge in [0.15, 0.2) is 11.5 Å². The summed E-state index contributed by atoms with van der Waals surface area (Å²) >= 11 is 6.13. The average Bonchev–Trinajstić information content (AvgIpc) is 2.80. The first-order valence-electron chi connectivity index (χ1n) is 10.8. The fraction of sp³-hybridized carbons (Fsp3) is 0.440. The highest BCUT2D eigenvalue weighted by Gasteiger charge is 2.26. The molecule has 0 aliphatic heterocycles. The standard InChI is InChI=1S/C25H33ClN2O4/c1-6-17(2)27-25(30)18(3)28(16-20-8-7-9-21(26)14-20)24(29)13-11-19-10-12-22(31-4)23(15-19)32-5/h7-10,12,14-15,17-18H,6,11,13,16H2,1-5H3,(H,27,30). The highest BCUT2D eigenvalue weighted by Crippen LogP contribution is 2.28. The summed E-state index contributed by atoms with van der Waals surface area (Å²) in [6.45, 7) is 6.02. The van der Waals surface area contributed by atoms with Gasteiger partial charge in [0.2, 0.25) is 11.8 Å². The number of rotatable bonds is 11. The van der Waals surface area contributed by atoms with Gasteiger partial charge >= 0.3 is 0 Å². The summed E-state index contributed by atoms with van der Waals surface area (Å²) in [5.41, 5.74) is 1.83. The quantitative estimate of drug-likeness (QED) is 0.531. The summed E-state index contributed by atoms with van der Waals surface area (Å²) in [7, 11) is 3.16. The molecule has 32 heavy (non-hydrogen) atoms. The van der Waals surface area contributed by atoms with E-state index in [2.05, 4.69) is 5.32 Å². The number of hydrogen-bond acceptors (Lipinski definition) is 4. The van der Waals surface area contributed by atoms with E-state index in [1.165, 1.54) is 0 Å². The van der Waals surface area contributed by atoms with Crippen LogP contribution in [0.2, 0.25) is 5.02 Å². The Hall–Kier alpha value is -2.73. The SMILES string of the molecule is CCC(C)NC(=O)C(C)N(Cc1cccc(Cl)c1)C(=O)CCc1ccc(OC)c(OC)c1. The largest absolute Gasteiger partial charge is 0.493 e. The number of carbonyl (C=O) groups is 2. The van der Waals surface area contributed by atoms with Gasteiger partial charge in [0.25, 0.3) is 0 Å². The number of ether oxygens (including phenoxy) is 2. The minimum Gasteiger partial charge on any atom is -0.493 e. The molecule has 0 bridgehead atoms. The van der Waals surface area contributed by atoms with Gasteiger partial charge in [0.05, 0.1) is 14.2 Å². The second kappa shape index (κ2) is 12.3. The van der Waals surface area contributed by atoms with Crippen LogP contribution in [0.5, 0.6) is 11.5 Å². The molecule has 0 aromatic heterocycles. The van der Waals surface area contributed by atoms with Crippen molar-refractivity contribution in [2.24, 2.45) is 0 Å². The van der Waals surface area contributed by atoms with E-state index in [0.717, 1.165) is 17.5 Å². The zero-order valence-corrected chi connectivity index (χ0v) is 20.2. The van der Waals surface area contributed by atoms with Crippen molar-refractivity contribution in [3.8, 4) is 11.5 Å². The monoisotopic (exact) mass is 460 g/mol. The molecular formula is C25H33ClN2O4. The Labute approximate surface area is 195 Å².